The second kappa shape index (κ2) is 6.68. The zero-order valence-electron chi connectivity index (χ0n) is 13.2. The van der Waals surface area contributed by atoms with Crippen LogP contribution in [0.15, 0.2) is 42.5 Å². The molecule has 0 spiro atoms. The topological polar surface area (TPSA) is 3.24 Å². The summed E-state index contributed by atoms with van der Waals surface area (Å²) in [5.74, 6) is 0.417. The highest BCUT2D eigenvalue weighted by atomic mass is 35.5. The van der Waals surface area contributed by atoms with E-state index in [9.17, 15) is 0 Å². The Balaban J connectivity index is 2.03. The molecule has 0 saturated carbocycles. The van der Waals surface area contributed by atoms with Gasteiger partial charge in [0.25, 0.3) is 0 Å². The molecule has 1 aliphatic rings. The maximum Gasteiger partial charge on any atom is 0.0481 e. The van der Waals surface area contributed by atoms with Crippen molar-refractivity contribution in [2.75, 3.05) is 20.6 Å². The first-order chi connectivity index (χ1) is 10.7. The van der Waals surface area contributed by atoms with Crippen LogP contribution in [-0.4, -0.2) is 25.5 Å². The van der Waals surface area contributed by atoms with E-state index in [1.807, 2.05) is 6.07 Å². The van der Waals surface area contributed by atoms with Gasteiger partial charge in [-0.3, -0.25) is 0 Å². The van der Waals surface area contributed by atoms with Crippen LogP contribution >= 0.6 is 11.6 Å². The van der Waals surface area contributed by atoms with Crippen molar-refractivity contribution >= 4 is 23.8 Å². The fourth-order valence-electron chi connectivity index (χ4n) is 3.28. The van der Waals surface area contributed by atoms with Crippen LogP contribution < -0.4 is 0 Å². The van der Waals surface area contributed by atoms with Crippen LogP contribution in [0.5, 0.6) is 0 Å². The van der Waals surface area contributed by atoms with E-state index in [1.165, 1.54) is 28.7 Å². The first kappa shape index (κ1) is 15.3. The van der Waals surface area contributed by atoms with Gasteiger partial charge in [-0.25, -0.2) is 0 Å². The average molecular weight is 312 g/mol. The van der Waals surface area contributed by atoms with Crippen molar-refractivity contribution in [3.8, 4) is 0 Å². The molecule has 0 bridgehead atoms. The van der Waals surface area contributed by atoms with Gasteiger partial charge in [0.2, 0.25) is 0 Å². The van der Waals surface area contributed by atoms with E-state index < -0.39 is 0 Å². The van der Waals surface area contributed by atoms with Gasteiger partial charge in [-0.15, -0.1) is 0 Å². The zero-order valence-corrected chi connectivity index (χ0v) is 14.0. The Morgan fingerprint density at radius 3 is 2.55 bits per heavy atom. The van der Waals surface area contributed by atoms with Crippen molar-refractivity contribution in [2.24, 2.45) is 0 Å². The summed E-state index contributed by atoms with van der Waals surface area (Å²) >= 11 is 6.45. The Kier molecular flexibility index (Phi) is 4.66. The minimum atomic E-state index is 0.417. The van der Waals surface area contributed by atoms with E-state index in [2.05, 4.69) is 67.5 Å². The smallest absolute Gasteiger partial charge is 0.0481 e. The van der Waals surface area contributed by atoms with Crippen LogP contribution in [0.4, 0.5) is 0 Å². The number of hydrogen-bond donors (Lipinski definition) is 0. The minimum absolute atomic E-state index is 0.417. The number of hydrogen-bond acceptors (Lipinski definition) is 1. The number of fused-ring (bicyclic) bond motifs is 2. The minimum Gasteiger partial charge on any atom is -0.309 e. The Bertz CT molecular complexity index is 688. The molecular formula is C20H22ClN. The van der Waals surface area contributed by atoms with Crippen LogP contribution in [0, 0.1) is 0 Å². The summed E-state index contributed by atoms with van der Waals surface area (Å²) in [5, 5.41) is 0.846. The van der Waals surface area contributed by atoms with Gasteiger partial charge in [-0.2, -0.15) is 0 Å². The molecule has 0 heterocycles. The second-order valence-electron chi connectivity index (χ2n) is 6.20. The van der Waals surface area contributed by atoms with Crippen LogP contribution in [0.1, 0.15) is 41.0 Å². The van der Waals surface area contributed by atoms with Gasteiger partial charge in [-0.05, 0) is 61.8 Å². The van der Waals surface area contributed by atoms with E-state index in [0.29, 0.717) is 5.92 Å². The molecule has 0 aliphatic heterocycles. The van der Waals surface area contributed by atoms with E-state index in [0.717, 1.165) is 18.0 Å². The van der Waals surface area contributed by atoms with Gasteiger partial charge >= 0.3 is 0 Å². The summed E-state index contributed by atoms with van der Waals surface area (Å²) in [4.78, 5) is 2.25. The molecule has 0 N–H and O–H groups in total. The summed E-state index contributed by atoms with van der Waals surface area (Å²) in [6.45, 7) is 1.11. The molecule has 2 aromatic carbocycles. The summed E-state index contributed by atoms with van der Waals surface area (Å²) in [6, 6.07) is 15.0. The highest BCUT2D eigenvalue weighted by Gasteiger charge is 2.22. The molecule has 2 heteroatoms. The highest BCUT2D eigenvalue weighted by Crippen LogP contribution is 2.39. The molecule has 114 valence electrons. The fraction of sp³-hybridized carbons (Fsp3) is 0.300. The van der Waals surface area contributed by atoms with Crippen molar-refractivity contribution in [1.82, 2.24) is 4.90 Å². The van der Waals surface area contributed by atoms with Gasteiger partial charge in [0.1, 0.15) is 0 Å². The van der Waals surface area contributed by atoms with Gasteiger partial charge in [0.05, 0.1) is 0 Å². The SMILES string of the molecule is CN(C)CCCC1c2ccccc2C=Cc2c(Cl)cccc21. The van der Waals surface area contributed by atoms with E-state index in [4.69, 9.17) is 11.6 Å². The van der Waals surface area contributed by atoms with Gasteiger partial charge in [0.15, 0.2) is 0 Å². The second-order valence-corrected chi connectivity index (χ2v) is 6.61. The molecule has 1 nitrogen and oxygen atoms in total. The van der Waals surface area contributed by atoms with Crippen molar-refractivity contribution < 1.29 is 0 Å². The lowest BCUT2D eigenvalue weighted by molar-refractivity contribution is 0.389. The molecule has 3 rings (SSSR count). The predicted molar refractivity (Wildman–Crippen MR) is 96.5 cm³/mol. The quantitative estimate of drug-likeness (QED) is 0.741. The Morgan fingerprint density at radius 2 is 1.73 bits per heavy atom. The molecule has 1 aliphatic carbocycles. The average Bonchev–Trinajstić information content (AvgIpc) is 2.66. The molecular weight excluding hydrogens is 290 g/mol. The van der Waals surface area contributed by atoms with E-state index in [-0.39, 0.29) is 0 Å². The lowest BCUT2D eigenvalue weighted by Gasteiger charge is -2.21. The number of nitrogens with zero attached hydrogens (tertiary/aromatic N) is 1. The van der Waals surface area contributed by atoms with Crippen molar-refractivity contribution in [3.63, 3.8) is 0 Å². The van der Waals surface area contributed by atoms with Crippen molar-refractivity contribution in [2.45, 2.75) is 18.8 Å². The summed E-state index contributed by atoms with van der Waals surface area (Å²) in [7, 11) is 4.26. The van der Waals surface area contributed by atoms with Crippen molar-refractivity contribution in [3.05, 3.63) is 69.7 Å². The summed E-state index contributed by atoms with van der Waals surface area (Å²) in [6.07, 6.45) is 6.69. The standard InChI is InChI=1S/C20H22ClN/c1-22(2)14-6-10-17-16-8-4-3-7-15(16)12-13-19-18(17)9-5-11-20(19)21/h3-5,7-9,11-13,17H,6,10,14H2,1-2H3. The van der Waals surface area contributed by atoms with Crippen molar-refractivity contribution in [1.29, 1.82) is 0 Å². The maximum atomic E-state index is 6.45. The van der Waals surface area contributed by atoms with Gasteiger partial charge < -0.3 is 4.90 Å². The first-order valence-electron chi connectivity index (χ1n) is 7.87. The maximum absolute atomic E-state index is 6.45. The fourth-order valence-corrected chi connectivity index (χ4v) is 3.52. The Labute approximate surface area is 138 Å². The monoisotopic (exact) mass is 311 g/mol. The largest absolute Gasteiger partial charge is 0.309 e. The third-order valence-electron chi connectivity index (χ3n) is 4.36. The number of rotatable bonds is 4. The number of halogens is 1. The van der Waals surface area contributed by atoms with Gasteiger partial charge in [-0.1, -0.05) is 60.2 Å². The van der Waals surface area contributed by atoms with E-state index >= 15 is 0 Å². The first-order valence-corrected chi connectivity index (χ1v) is 8.25. The van der Waals surface area contributed by atoms with Crippen LogP contribution in [0.25, 0.3) is 12.2 Å². The molecule has 2 aromatic rings. The molecule has 1 unspecified atom stereocenters. The third kappa shape index (κ3) is 3.11. The molecule has 0 fully saturated rings. The summed E-state index contributed by atoms with van der Waals surface area (Å²) < 4.78 is 0. The molecule has 0 saturated heterocycles. The van der Waals surface area contributed by atoms with Crippen LogP contribution in [0.2, 0.25) is 5.02 Å². The third-order valence-corrected chi connectivity index (χ3v) is 4.69. The molecule has 22 heavy (non-hydrogen) atoms. The molecule has 0 aromatic heterocycles. The van der Waals surface area contributed by atoms with Crippen LogP contribution in [0.3, 0.4) is 0 Å². The molecule has 0 radical (unpaired) electrons. The lowest BCUT2D eigenvalue weighted by Crippen LogP contribution is -2.14. The molecule has 0 amide bonds. The Hall–Kier alpha value is -1.57. The predicted octanol–water partition coefficient (Wildman–Crippen LogP) is 5.30. The lowest BCUT2D eigenvalue weighted by atomic mass is 9.84. The van der Waals surface area contributed by atoms with Gasteiger partial charge in [0, 0.05) is 10.9 Å². The molecule has 1 atom stereocenters. The zero-order chi connectivity index (χ0) is 15.5. The normalized spacial score (nSPS) is 16.3. The number of benzene rings is 2. The van der Waals surface area contributed by atoms with Crippen LogP contribution in [-0.2, 0) is 0 Å². The highest BCUT2D eigenvalue weighted by molar-refractivity contribution is 6.32. The Morgan fingerprint density at radius 1 is 0.955 bits per heavy atom. The van der Waals surface area contributed by atoms with E-state index in [1.54, 1.807) is 0 Å². The summed E-state index contributed by atoms with van der Waals surface area (Å²) in [5.41, 5.74) is 5.26.